The van der Waals surface area contributed by atoms with Crippen LogP contribution in [-0.4, -0.2) is 30.9 Å². The lowest BCUT2D eigenvalue weighted by molar-refractivity contribution is -0.143. The maximum absolute atomic E-state index is 12.6. The first-order chi connectivity index (χ1) is 14.9. The van der Waals surface area contributed by atoms with Gasteiger partial charge in [0.25, 0.3) is 5.91 Å². The van der Waals surface area contributed by atoms with E-state index in [1.54, 1.807) is 31.2 Å². The number of rotatable bonds is 8. The first-order valence-electron chi connectivity index (χ1n) is 9.22. The van der Waals surface area contributed by atoms with Crippen LogP contribution in [0, 0.1) is 6.92 Å². The normalized spacial score (nSPS) is 11.1. The van der Waals surface area contributed by atoms with Crippen molar-refractivity contribution in [3.63, 3.8) is 0 Å². The lowest BCUT2D eigenvalue weighted by atomic mass is 10.2. The molecule has 1 aromatic carbocycles. The zero-order valence-corrected chi connectivity index (χ0v) is 18.9. The molecule has 2 N–H and O–H groups in total. The summed E-state index contributed by atoms with van der Waals surface area (Å²) in [7, 11) is 0. The first-order valence-corrected chi connectivity index (χ1v) is 11.4. The number of thiophene rings is 2. The van der Waals surface area contributed by atoms with Gasteiger partial charge in [0, 0.05) is 20.5 Å². The Labute approximate surface area is 192 Å². The molecular weight excluding hydrogens is 456 g/mol. The Balaban J connectivity index is 1.52. The predicted octanol–water partition coefficient (Wildman–Crippen LogP) is 4.61. The molecule has 6 nitrogen and oxygen atoms in total. The Morgan fingerprint density at radius 2 is 1.81 bits per heavy atom. The number of carbonyl (C=O) groups is 3. The summed E-state index contributed by atoms with van der Waals surface area (Å²) in [5.74, 6) is -1.60. The third-order valence-electron chi connectivity index (χ3n) is 4.16. The average Bonchev–Trinajstić information content (AvgIpc) is 3.46. The first kappa shape index (κ1) is 22.7. The number of hydrogen-bond acceptors (Lipinski definition) is 6. The second-order valence-corrected chi connectivity index (χ2v) is 8.70. The molecule has 0 saturated carbocycles. The molecule has 3 rings (SSSR count). The van der Waals surface area contributed by atoms with Crippen molar-refractivity contribution in [3.8, 4) is 0 Å². The van der Waals surface area contributed by atoms with E-state index in [1.165, 1.54) is 22.7 Å². The van der Waals surface area contributed by atoms with E-state index < -0.39 is 24.4 Å². The summed E-state index contributed by atoms with van der Waals surface area (Å²) in [5, 5.41) is 9.42. The fourth-order valence-corrected chi connectivity index (χ4v) is 4.12. The molecule has 0 saturated heterocycles. The summed E-state index contributed by atoms with van der Waals surface area (Å²) in [5.41, 5.74) is 1.67. The van der Waals surface area contributed by atoms with Gasteiger partial charge < -0.3 is 15.4 Å². The highest BCUT2D eigenvalue weighted by Crippen LogP contribution is 2.26. The summed E-state index contributed by atoms with van der Waals surface area (Å²) in [6.07, 6.45) is 1.73. The van der Waals surface area contributed by atoms with Gasteiger partial charge in [-0.25, -0.2) is 4.79 Å². The highest BCUT2D eigenvalue weighted by atomic mass is 35.5. The zero-order chi connectivity index (χ0) is 22.2. The fraction of sp³-hybridized carbons (Fsp3) is 0.136. The van der Waals surface area contributed by atoms with Crippen molar-refractivity contribution in [2.45, 2.75) is 6.92 Å². The summed E-state index contributed by atoms with van der Waals surface area (Å²) < 4.78 is 5.17. The number of ether oxygens (including phenoxy) is 1. The van der Waals surface area contributed by atoms with Crippen molar-refractivity contribution in [2.75, 3.05) is 18.5 Å². The van der Waals surface area contributed by atoms with Gasteiger partial charge in [-0.3, -0.25) is 9.59 Å². The molecule has 2 heterocycles. The van der Waals surface area contributed by atoms with Crippen molar-refractivity contribution >= 4 is 69.4 Å². The Bertz CT molecular complexity index is 1090. The Hall–Kier alpha value is -2.94. The second-order valence-electron chi connectivity index (χ2n) is 6.36. The van der Waals surface area contributed by atoms with Crippen LogP contribution in [0.2, 0.25) is 5.02 Å². The van der Waals surface area contributed by atoms with Gasteiger partial charge in [0.15, 0.2) is 6.61 Å². The maximum atomic E-state index is 12.6. The van der Waals surface area contributed by atoms with E-state index in [-0.39, 0.29) is 6.54 Å². The monoisotopic (exact) mass is 474 g/mol. The van der Waals surface area contributed by atoms with E-state index in [0.717, 1.165) is 15.3 Å². The lowest BCUT2D eigenvalue weighted by Gasteiger charge is -2.11. The van der Waals surface area contributed by atoms with Crippen LogP contribution in [0.15, 0.2) is 53.2 Å². The van der Waals surface area contributed by atoms with Gasteiger partial charge in [0.05, 0.1) is 12.1 Å². The highest BCUT2D eigenvalue weighted by molar-refractivity contribution is 7.12. The molecule has 0 bridgehead atoms. The third-order valence-corrected chi connectivity index (χ3v) is 6.29. The molecule has 2 amide bonds. The average molecular weight is 475 g/mol. The van der Waals surface area contributed by atoms with Gasteiger partial charge in [0.2, 0.25) is 5.91 Å². The molecular formula is C22H19ClN2O4S2. The number of anilines is 1. The van der Waals surface area contributed by atoms with E-state index in [0.29, 0.717) is 16.3 Å². The maximum Gasteiger partial charge on any atom is 0.340 e. The molecule has 0 aliphatic rings. The van der Waals surface area contributed by atoms with Crippen LogP contribution in [0.1, 0.15) is 15.3 Å². The molecule has 0 unspecified atom stereocenters. The van der Waals surface area contributed by atoms with Gasteiger partial charge in [-0.05, 0) is 53.6 Å². The number of halogens is 1. The van der Waals surface area contributed by atoms with Crippen LogP contribution in [0.25, 0.3) is 11.6 Å². The topological polar surface area (TPSA) is 84.5 Å². The Morgan fingerprint density at radius 1 is 1.03 bits per heavy atom. The standard InChI is InChI=1S/C22H19ClN2O4S2/c1-14-17(23)6-2-7-18(14)25-20(26)12-24-21(27)13-29-22(28)16(19-8-4-10-31-19)11-15-5-3-9-30-15/h2-11H,12-13H2,1H3,(H,24,27)(H,25,26). The quantitative estimate of drug-likeness (QED) is 0.369. The molecule has 0 aliphatic carbocycles. The van der Waals surface area contributed by atoms with Gasteiger partial charge in [-0.2, -0.15) is 0 Å². The van der Waals surface area contributed by atoms with Crippen molar-refractivity contribution in [2.24, 2.45) is 0 Å². The molecule has 9 heteroatoms. The molecule has 0 radical (unpaired) electrons. The molecule has 2 aromatic heterocycles. The van der Waals surface area contributed by atoms with E-state index in [1.807, 2.05) is 35.0 Å². The van der Waals surface area contributed by atoms with Crippen molar-refractivity contribution < 1.29 is 19.1 Å². The predicted molar refractivity (Wildman–Crippen MR) is 125 cm³/mol. The second kappa shape index (κ2) is 10.9. The number of amides is 2. The molecule has 3 aromatic rings. The van der Waals surface area contributed by atoms with Gasteiger partial charge >= 0.3 is 5.97 Å². The van der Waals surface area contributed by atoms with Crippen LogP contribution >= 0.6 is 34.3 Å². The van der Waals surface area contributed by atoms with Crippen molar-refractivity contribution in [1.29, 1.82) is 0 Å². The van der Waals surface area contributed by atoms with E-state index in [4.69, 9.17) is 16.3 Å². The minimum absolute atomic E-state index is 0.259. The van der Waals surface area contributed by atoms with E-state index in [2.05, 4.69) is 10.6 Å². The highest BCUT2D eigenvalue weighted by Gasteiger charge is 2.17. The Morgan fingerprint density at radius 3 is 2.52 bits per heavy atom. The van der Waals surface area contributed by atoms with Crippen LogP contribution in [0.5, 0.6) is 0 Å². The van der Waals surface area contributed by atoms with Crippen LogP contribution < -0.4 is 10.6 Å². The minimum atomic E-state index is -0.606. The molecule has 0 fully saturated rings. The Kier molecular flexibility index (Phi) is 8.00. The van der Waals surface area contributed by atoms with Crippen LogP contribution in [0.4, 0.5) is 5.69 Å². The summed E-state index contributed by atoms with van der Waals surface area (Å²) in [4.78, 5) is 38.3. The molecule has 0 aliphatic heterocycles. The number of hydrogen-bond donors (Lipinski definition) is 2. The number of nitrogens with one attached hydrogen (secondary N) is 2. The number of esters is 1. The number of carbonyl (C=O) groups excluding carboxylic acids is 3. The van der Waals surface area contributed by atoms with Crippen molar-refractivity contribution in [1.82, 2.24) is 5.32 Å². The van der Waals surface area contributed by atoms with Crippen LogP contribution in [-0.2, 0) is 19.1 Å². The van der Waals surface area contributed by atoms with E-state index >= 15 is 0 Å². The van der Waals surface area contributed by atoms with E-state index in [9.17, 15) is 14.4 Å². The SMILES string of the molecule is Cc1c(Cl)cccc1NC(=O)CNC(=O)COC(=O)C(=Cc1cccs1)c1cccs1. The smallest absolute Gasteiger partial charge is 0.340 e. The van der Waals surface area contributed by atoms with Gasteiger partial charge in [-0.1, -0.05) is 29.8 Å². The molecule has 0 spiro atoms. The minimum Gasteiger partial charge on any atom is -0.452 e. The van der Waals surface area contributed by atoms with Gasteiger partial charge in [0.1, 0.15) is 0 Å². The van der Waals surface area contributed by atoms with Crippen LogP contribution in [0.3, 0.4) is 0 Å². The lowest BCUT2D eigenvalue weighted by Crippen LogP contribution is -2.35. The van der Waals surface area contributed by atoms with Crippen molar-refractivity contribution in [3.05, 3.63) is 73.6 Å². The molecule has 0 atom stereocenters. The van der Waals surface area contributed by atoms with Gasteiger partial charge in [-0.15, -0.1) is 22.7 Å². The number of benzene rings is 1. The third kappa shape index (κ3) is 6.52. The zero-order valence-electron chi connectivity index (χ0n) is 16.5. The summed E-state index contributed by atoms with van der Waals surface area (Å²) in [6.45, 7) is 1.03. The molecule has 160 valence electrons. The summed E-state index contributed by atoms with van der Waals surface area (Å²) in [6, 6.07) is 12.6. The largest absolute Gasteiger partial charge is 0.452 e. The molecule has 31 heavy (non-hydrogen) atoms. The summed E-state index contributed by atoms with van der Waals surface area (Å²) >= 11 is 8.93. The fourth-order valence-electron chi connectivity index (χ4n) is 2.55.